The predicted molar refractivity (Wildman–Crippen MR) is 64.2 cm³/mol. The Morgan fingerprint density at radius 2 is 1.94 bits per heavy atom. The summed E-state index contributed by atoms with van der Waals surface area (Å²) >= 11 is 0. The second kappa shape index (κ2) is 6.11. The molecule has 1 aliphatic rings. The molecule has 0 radical (unpaired) electrons. The van der Waals surface area contributed by atoms with Gasteiger partial charge >= 0.3 is 0 Å². The molecule has 0 spiro atoms. The highest BCUT2D eigenvalue weighted by molar-refractivity contribution is 7.85. The SMILES string of the molecule is Cc1ccc(S(=O)(=O)O)cc1.NC1CCCO1. The zero-order chi connectivity index (χ0) is 12.9. The van der Waals surface area contributed by atoms with Crippen molar-refractivity contribution < 1.29 is 17.7 Å². The van der Waals surface area contributed by atoms with Gasteiger partial charge in [-0.3, -0.25) is 4.55 Å². The zero-order valence-electron chi connectivity index (χ0n) is 9.67. The van der Waals surface area contributed by atoms with Crippen LogP contribution in [0.25, 0.3) is 0 Å². The summed E-state index contributed by atoms with van der Waals surface area (Å²) in [4.78, 5) is -0.0666. The molecule has 1 unspecified atom stereocenters. The average molecular weight is 259 g/mol. The number of aryl methyl sites for hydroxylation is 1. The summed E-state index contributed by atoms with van der Waals surface area (Å²) in [6.45, 7) is 2.70. The molecule has 0 aliphatic carbocycles. The Morgan fingerprint density at radius 3 is 2.24 bits per heavy atom. The summed E-state index contributed by atoms with van der Waals surface area (Å²) in [5, 5.41) is 0. The normalized spacial score (nSPS) is 19.6. The van der Waals surface area contributed by atoms with E-state index in [1.807, 2.05) is 6.92 Å². The van der Waals surface area contributed by atoms with E-state index in [-0.39, 0.29) is 11.1 Å². The van der Waals surface area contributed by atoms with Gasteiger partial charge in [0.05, 0.1) is 4.90 Å². The molecule has 1 aromatic carbocycles. The van der Waals surface area contributed by atoms with Crippen molar-refractivity contribution in [3.05, 3.63) is 29.8 Å². The van der Waals surface area contributed by atoms with E-state index >= 15 is 0 Å². The number of hydrogen-bond acceptors (Lipinski definition) is 4. The Morgan fingerprint density at radius 1 is 1.35 bits per heavy atom. The molecular formula is C11H17NO4S. The van der Waals surface area contributed by atoms with Crippen LogP contribution in [0.5, 0.6) is 0 Å². The van der Waals surface area contributed by atoms with Gasteiger partial charge in [0.15, 0.2) is 0 Å². The topological polar surface area (TPSA) is 89.6 Å². The third-order valence-corrected chi connectivity index (χ3v) is 3.15. The first-order valence-electron chi connectivity index (χ1n) is 5.31. The second-order valence-corrected chi connectivity index (χ2v) is 5.26. The van der Waals surface area contributed by atoms with Gasteiger partial charge in [-0.25, -0.2) is 0 Å². The number of hydrogen-bond donors (Lipinski definition) is 2. The number of rotatable bonds is 1. The number of nitrogens with two attached hydrogens (primary N) is 1. The van der Waals surface area contributed by atoms with E-state index < -0.39 is 10.1 Å². The van der Waals surface area contributed by atoms with Gasteiger partial charge in [0.2, 0.25) is 0 Å². The van der Waals surface area contributed by atoms with Gasteiger partial charge in [0.1, 0.15) is 6.23 Å². The van der Waals surface area contributed by atoms with Crippen LogP contribution in [0.3, 0.4) is 0 Å². The second-order valence-electron chi connectivity index (χ2n) is 3.84. The minimum absolute atomic E-state index is 0.0463. The quantitative estimate of drug-likeness (QED) is 0.742. The lowest BCUT2D eigenvalue weighted by molar-refractivity contribution is 0.116. The highest BCUT2D eigenvalue weighted by Crippen LogP contribution is 2.08. The van der Waals surface area contributed by atoms with Crippen LogP contribution in [0.15, 0.2) is 29.2 Å². The van der Waals surface area contributed by atoms with E-state index in [0.717, 1.165) is 25.0 Å². The van der Waals surface area contributed by atoms with Crippen molar-refractivity contribution in [1.29, 1.82) is 0 Å². The first-order valence-corrected chi connectivity index (χ1v) is 6.75. The standard InChI is InChI=1S/C7H8O3S.C4H9NO/c1-6-2-4-7(5-3-6)11(8,9)10;5-4-2-1-3-6-4/h2-5H,1H3,(H,8,9,10);4H,1-3,5H2. The first-order chi connectivity index (χ1) is 7.89. The van der Waals surface area contributed by atoms with Crippen LogP contribution >= 0.6 is 0 Å². The van der Waals surface area contributed by atoms with Crippen molar-refractivity contribution >= 4 is 10.1 Å². The zero-order valence-corrected chi connectivity index (χ0v) is 10.5. The van der Waals surface area contributed by atoms with Gasteiger partial charge in [-0.2, -0.15) is 8.42 Å². The van der Waals surface area contributed by atoms with Crippen LogP contribution in [-0.4, -0.2) is 25.8 Å². The molecule has 3 N–H and O–H groups in total. The molecule has 1 saturated heterocycles. The van der Waals surface area contributed by atoms with Crippen LogP contribution < -0.4 is 5.73 Å². The van der Waals surface area contributed by atoms with Crippen LogP contribution in [-0.2, 0) is 14.9 Å². The Hall–Kier alpha value is -0.950. The third-order valence-electron chi connectivity index (χ3n) is 2.28. The Labute approximate surface area is 101 Å². The van der Waals surface area contributed by atoms with E-state index in [4.69, 9.17) is 15.0 Å². The van der Waals surface area contributed by atoms with Crippen molar-refractivity contribution in [2.24, 2.45) is 5.73 Å². The van der Waals surface area contributed by atoms with Crippen molar-refractivity contribution in [3.63, 3.8) is 0 Å². The van der Waals surface area contributed by atoms with E-state index in [9.17, 15) is 8.42 Å². The minimum Gasteiger partial charge on any atom is -0.364 e. The lowest BCUT2D eigenvalue weighted by Gasteiger charge is -1.95. The lowest BCUT2D eigenvalue weighted by atomic mass is 10.2. The number of benzene rings is 1. The monoisotopic (exact) mass is 259 g/mol. The smallest absolute Gasteiger partial charge is 0.294 e. The molecule has 5 nitrogen and oxygen atoms in total. The molecule has 0 bridgehead atoms. The fourth-order valence-corrected chi connectivity index (χ4v) is 1.79. The van der Waals surface area contributed by atoms with E-state index in [1.54, 1.807) is 12.1 Å². The van der Waals surface area contributed by atoms with Gasteiger partial charge in [-0.15, -0.1) is 0 Å². The van der Waals surface area contributed by atoms with Gasteiger partial charge in [0, 0.05) is 6.61 Å². The molecular weight excluding hydrogens is 242 g/mol. The molecule has 17 heavy (non-hydrogen) atoms. The van der Waals surface area contributed by atoms with E-state index in [1.165, 1.54) is 12.1 Å². The molecule has 1 fully saturated rings. The molecule has 0 saturated carbocycles. The maximum atomic E-state index is 10.5. The minimum atomic E-state index is -4.02. The molecule has 2 rings (SSSR count). The van der Waals surface area contributed by atoms with Crippen LogP contribution in [0, 0.1) is 6.92 Å². The maximum absolute atomic E-state index is 10.5. The summed E-state index contributed by atoms with van der Waals surface area (Å²) in [5.41, 5.74) is 6.27. The van der Waals surface area contributed by atoms with Crippen molar-refractivity contribution in [2.45, 2.75) is 30.9 Å². The molecule has 1 aliphatic heterocycles. The summed E-state index contributed by atoms with van der Waals surface area (Å²) in [5.74, 6) is 0. The van der Waals surface area contributed by atoms with Crippen LogP contribution in [0.4, 0.5) is 0 Å². The highest BCUT2D eigenvalue weighted by Gasteiger charge is 2.08. The molecule has 96 valence electrons. The fourth-order valence-electron chi connectivity index (χ4n) is 1.31. The largest absolute Gasteiger partial charge is 0.364 e. The Bertz CT molecular complexity index is 435. The molecule has 6 heteroatoms. The predicted octanol–water partition coefficient (Wildman–Crippen LogP) is 1.32. The lowest BCUT2D eigenvalue weighted by Crippen LogP contribution is -2.16. The van der Waals surface area contributed by atoms with Crippen molar-refractivity contribution in [1.82, 2.24) is 0 Å². The van der Waals surface area contributed by atoms with Gasteiger partial charge in [-0.1, -0.05) is 17.7 Å². The van der Waals surface area contributed by atoms with Gasteiger partial charge in [0.25, 0.3) is 10.1 Å². The van der Waals surface area contributed by atoms with Crippen LogP contribution in [0.2, 0.25) is 0 Å². The van der Waals surface area contributed by atoms with Crippen LogP contribution in [0.1, 0.15) is 18.4 Å². The summed E-state index contributed by atoms with van der Waals surface area (Å²) < 4.78 is 34.5. The number of ether oxygens (including phenoxy) is 1. The summed E-state index contributed by atoms with van der Waals surface area (Å²) in [6.07, 6.45) is 2.23. The van der Waals surface area contributed by atoms with Gasteiger partial charge < -0.3 is 10.5 Å². The molecule has 1 heterocycles. The fraction of sp³-hybridized carbons (Fsp3) is 0.455. The molecule has 0 amide bonds. The molecule has 0 aromatic heterocycles. The van der Waals surface area contributed by atoms with Crippen molar-refractivity contribution in [3.8, 4) is 0 Å². The summed E-state index contributed by atoms with van der Waals surface area (Å²) in [7, 11) is -4.02. The Balaban J connectivity index is 0.000000202. The van der Waals surface area contributed by atoms with E-state index in [0.29, 0.717) is 0 Å². The third kappa shape index (κ3) is 5.27. The average Bonchev–Trinajstić information content (AvgIpc) is 2.69. The van der Waals surface area contributed by atoms with E-state index in [2.05, 4.69) is 0 Å². The summed E-state index contributed by atoms with van der Waals surface area (Å²) in [6, 6.07) is 5.99. The molecule has 1 atom stereocenters. The molecule has 1 aromatic rings. The first kappa shape index (κ1) is 14.1. The van der Waals surface area contributed by atoms with Gasteiger partial charge in [-0.05, 0) is 31.9 Å². The Kier molecular flexibility index (Phi) is 5.07. The highest BCUT2D eigenvalue weighted by atomic mass is 32.2. The maximum Gasteiger partial charge on any atom is 0.294 e. The van der Waals surface area contributed by atoms with Crippen molar-refractivity contribution in [2.75, 3.05) is 6.61 Å².